The Balaban J connectivity index is 2.00. The highest BCUT2D eigenvalue weighted by Crippen LogP contribution is 2.18. The molecule has 2 aromatic rings. The Kier molecular flexibility index (Phi) is 4.11. The molecule has 102 valence electrons. The lowest BCUT2D eigenvalue weighted by molar-refractivity contribution is 0.344. The Labute approximate surface area is 111 Å². The summed E-state index contributed by atoms with van der Waals surface area (Å²) in [5.74, 6) is 0.306. The van der Waals surface area contributed by atoms with Crippen LogP contribution in [0.2, 0.25) is 0 Å². The lowest BCUT2D eigenvalue weighted by Gasteiger charge is -2.11. The van der Waals surface area contributed by atoms with E-state index >= 15 is 0 Å². The van der Waals surface area contributed by atoms with Gasteiger partial charge in [0, 0.05) is 0 Å². The number of nitrogens with zero attached hydrogens (tertiary/aromatic N) is 3. The lowest BCUT2D eigenvalue weighted by atomic mass is 10.1. The molecule has 1 N–H and O–H groups in total. The topological polar surface area (TPSA) is 54.2 Å². The molecule has 0 amide bonds. The Morgan fingerprint density at radius 2 is 1.95 bits per heavy atom. The molecule has 0 saturated heterocycles. The number of hydrogen-bond donors (Lipinski definition) is 1. The van der Waals surface area contributed by atoms with Crippen molar-refractivity contribution in [1.82, 2.24) is 15.1 Å². The Morgan fingerprint density at radius 3 is 2.58 bits per heavy atom. The highest BCUT2D eigenvalue weighted by molar-refractivity contribution is 5.28. The van der Waals surface area contributed by atoms with Gasteiger partial charge < -0.3 is 14.6 Å². The van der Waals surface area contributed by atoms with Crippen LogP contribution < -0.4 is 5.32 Å². The number of hydrogen-bond acceptors (Lipinski definition) is 5. The Morgan fingerprint density at radius 1 is 1.26 bits per heavy atom. The van der Waals surface area contributed by atoms with E-state index < -0.39 is 0 Å². The van der Waals surface area contributed by atoms with E-state index in [-0.39, 0.29) is 11.9 Å². The third kappa shape index (κ3) is 3.75. The molecule has 19 heavy (non-hydrogen) atoms. The van der Waals surface area contributed by atoms with Crippen LogP contribution in [0.4, 0.5) is 10.4 Å². The first-order valence-corrected chi connectivity index (χ1v) is 6.03. The molecule has 1 unspecified atom stereocenters. The van der Waals surface area contributed by atoms with Crippen LogP contribution in [0.3, 0.4) is 0 Å². The molecule has 0 aliphatic carbocycles. The predicted molar refractivity (Wildman–Crippen MR) is 70.1 cm³/mol. The zero-order valence-electron chi connectivity index (χ0n) is 11.2. The van der Waals surface area contributed by atoms with E-state index in [1.54, 1.807) is 12.1 Å². The maximum absolute atomic E-state index is 12.8. The third-order valence-electron chi connectivity index (χ3n) is 2.63. The van der Waals surface area contributed by atoms with Crippen molar-refractivity contribution < 1.29 is 8.81 Å². The van der Waals surface area contributed by atoms with Crippen LogP contribution in [-0.4, -0.2) is 29.2 Å². The summed E-state index contributed by atoms with van der Waals surface area (Å²) in [5, 5.41) is 11.0. The summed E-state index contributed by atoms with van der Waals surface area (Å²) in [6.45, 7) is 2.54. The van der Waals surface area contributed by atoms with Crippen molar-refractivity contribution in [3.8, 4) is 0 Å². The minimum absolute atomic E-state index is 0.0340. The van der Waals surface area contributed by atoms with Crippen LogP contribution in [0.1, 0.15) is 24.4 Å². The molecule has 0 radical (unpaired) electrons. The fourth-order valence-corrected chi connectivity index (χ4v) is 1.67. The average Bonchev–Trinajstić information content (AvgIpc) is 2.76. The number of nitrogens with one attached hydrogen (secondary N) is 1. The quantitative estimate of drug-likeness (QED) is 0.899. The molecule has 1 heterocycles. The van der Waals surface area contributed by atoms with E-state index in [0.717, 1.165) is 5.56 Å². The van der Waals surface area contributed by atoms with Crippen molar-refractivity contribution in [1.29, 1.82) is 0 Å². The first kappa shape index (κ1) is 13.5. The highest BCUT2D eigenvalue weighted by Gasteiger charge is 2.11. The van der Waals surface area contributed by atoms with Gasteiger partial charge in [-0.1, -0.05) is 17.2 Å². The summed E-state index contributed by atoms with van der Waals surface area (Å²) in [7, 11) is 3.86. The van der Waals surface area contributed by atoms with Crippen LogP contribution in [0.25, 0.3) is 0 Å². The van der Waals surface area contributed by atoms with Gasteiger partial charge in [-0.2, -0.15) is 0 Å². The molecule has 5 nitrogen and oxygen atoms in total. The van der Waals surface area contributed by atoms with Crippen LogP contribution in [0.15, 0.2) is 28.7 Å². The second-order valence-corrected chi connectivity index (χ2v) is 4.66. The van der Waals surface area contributed by atoms with Crippen LogP contribution in [0, 0.1) is 5.82 Å². The molecular weight excluding hydrogens is 247 g/mol. The molecule has 0 bridgehead atoms. The van der Waals surface area contributed by atoms with Gasteiger partial charge in [0.2, 0.25) is 5.89 Å². The molecule has 2 rings (SSSR count). The van der Waals surface area contributed by atoms with Crippen molar-refractivity contribution >= 4 is 6.01 Å². The molecular formula is C13H17FN4O. The van der Waals surface area contributed by atoms with Gasteiger partial charge in [0.25, 0.3) is 0 Å². The first-order chi connectivity index (χ1) is 9.04. The van der Waals surface area contributed by atoms with Crippen molar-refractivity contribution in [2.45, 2.75) is 19.5 Å². The normalized spacial score (nSPS) is 12.7. The maximum Gasteiger partial charge on any atom is 0.315 e. The molecule has 0 saturated carbocycles. The van der Waals surface area contributed by atoms with Gasteiger partial charge in [0.15, 0.2) is 0 Å². The summed E-state index contributed by atoms with van der Waals surface area (Å²) in [5.41, 5.74) is 0.953. The minimum Gasteiger partial charge on any atom is -0.407 e. The molecule has 0 spiro atoms. The van der Waals surface area contributed by atoms with Crippen molar-refractivity contribution in [2.75, 3.05) is 19.4 Å². The van der Waals surface area contributed by atoms with Gasteiger partial charge in [-0.3, -0.25) is 0 Å². The largest absolute Gasteiger partial charge is 0.407 e. The number of anilines is 1. The second kappa shape index (κ2) is 5.79. The van der Waals surface area contributed by atoms with E-state index in [2.05, 4.69) is 15.5 Å². The maximum atomic E-state index is 12.8. The van der Waals surface area contributed by atoms with Gasteiger partial charge >= 0.3 is 6.01 Å². The minimum atomic E-state index is -0.248. The van der Waals surface area contributed by atoms with E-state index in [4.69, 9.17) is 4.42 Å². The van der Waals surface area contributed by atoms with Crippen molar-refractivity contribution in [3.63, 3.8) is 0 Å². The van der Waals surface area contributed by atoms with Gasteiger partial charge in [-0.05, 0) is 38.7 Å². The molecule has 6 heteroatoms. The summed E-state index contributed by atoms with van der Waals surface area (Å²) < 4.78 is 18.3. The van der Waals surface area contributed by atoms with Gasteiger partial charge in [0.05, 0.1) is 12.6 Å². The van der Waals surface area contributed by atoms with E-state index in [1.165, 1.54) is 12.1 Å². The third-order valence-corrected chi connectivity index (χ3v) is 2.63. The number of aromatic nitrogens is 2. The smallest absolute Gasteiger partial charge is 0.315 e. The first-order valence-electron chi connectivity index (χ1n) is 6.03. The predicted octanol–water partition coefficient (Wildman–Crippen LogP) is 2.44. The van der Waals surface area contributed by atoms with Crippen LogP contribution in [0.5, 0.6) is 0 Å². The zero-order valence-corrected chi connectivity index (χ0v) is 11.2. The summed E-state index contributed by atoms with van der Waals surface area (Å²) in [4.78, 5) is 1.95. The highest BCUT2D eigenvalue weighted by atomic mass is 19.1. The number of halogens is 1. The molecule has 1 aromatic heterocycles. The summed E-state index contributed by atoms with van der Waals surface area (Å²) in [6.07, 6.45) is 0. The average molecular weight is 264 g/mol. The molecule has 0 aliphatic rings. The van der Waals surface area contributed by atoms with Crippen molar-refractivity contribution in [2.24, 2.45) is 0 Å². The summed E-state index contributed by atoms with van der Waals surface area (Å²) in [6, 6.07) is 6.65. The SMILES string of the molecule is CC(Nc1nnc(CN(C)C)o1)c1ccc(F)cc1. The van der Waals surface area contributed by atoms with E-state index in [9.17, 15) is 4.39 Å². The van der Waals surface area contributed by atoms with Gasteiger partial charge in [-0.25, -0.2) is 4.39 Å². The Bertz CT molecular complexity index is 524. The fraction of sp³-hybridized carbons (Fsp3) is 0.385. The Hall–Kier alpha value is -1.95. The van der Waals surface area contributed by atoms with Crippen molar-refractivity contribution in [3.05, 3.63) is 41.5 Å². The van der Waals surface area contributed by atoms with E-state index in [0.29, 0.717) is 18.5 Å². The van der Waals surface area contributed by atoms with Gasteiger partial charge in [0.1, 0.15) is 5.82 Å². The zero-order chi connectivity index (χ0) is 13.8. The lowest BCUT2D eigenvalue weighted by Crippen LogP contribution is -2.10. The number of benzene rings is 1. The van der Waals surface area contributed by atoms with Crippen LogP contribution >= 0.6 is 0 Å². The molecule has 1 aromatic carbocycles. The van der Waals surface area contributed by atoms with Crippen LogP contribution in [-0.2, 0) is 6.54 Å². The fourth-order valence-electron chi connectivity index (χ4n) is 1.67. The second-order valence-electron chi connectivity index (χ2n) is 4.66. The summed E-state index contributed by atoms with van der Waals surface area (Å²) >= 11 is 0. The molecule has 0 fully saturated rings. The number of rotatable bonds is 5. The molecule has 0 aliphatic heterocycles. The van der Waals surface area contributed by atoms with Gasteiger partial charge in [-0.15, -0.1) is 5.10 Å². The standard InChI is InChI=1S/C13H17FN4O/c1-9(10-4-6-11(14)7-5-10)15-13-17-16-12(19-13)8-18(2)3/h4-7,9H,8H2,1-3H3,(H,15,17). The van der Waals surface area contributed by atoms with E-state index in [1.807, 2.05) is 25.9 Å². The molecule has 1 atom stereocenters. The monoisotopic (exact) mass is 264 g/mol.